The van der Waals surface area contributed by atoms with Gasteiger partial charge in [0.2, 0.25) is 5.76 Å². The Labute approximate surface area is 157 Å². The maximum Gasteiger partial charge on any atom is 0.374 e. The summed E-state index contributed by atoms with van der Waals surface area (Å²) in [6, 6.07) is 11.2. The molecule has 0 unspecified atom stereocenters. The number of carbonyl (C=O) groups excluding carboxylic acids is 2. The van der Waals surface area contributed by atoms with Crippen LogP contribution in [-0.4, -0.2) is 18.5 Å². The van der Waals surface area contributed by atoms with Crippen LogP contribution in [-0.2, 0) is 9.53 Å². The third kappa shape index (κ3) is 4.07. The lowest BCUT2D eigenvalue weighted by atomic mass is 10.2. The van der Waals surface area contributed by atoms with E-state index in [4.69, 9.17) is 44.0 Å². The molecule has 1 aromatic heterocycles. The summed E-state index contributed by atoms with van der Waals surface area (Å²) in [5.74, 6) is -1.35. The minimum atomic E-state index is -0.764. The number of rotatable bonds is 4. The highest BCUT2D eigenvalue weighted by molar-refractivity contribution is 6.44. The Hall–Kier alpha value is -2.21. The van der Waals surface area contributed by atoms with Crippen LogP contribution in [0.15, 0.2) is 46.9 Å². The lowest BCUT2D eigenvalue weighted by Gasteiger charge is -2.08. The summed E-state index contributed by atoms with van der Waals surface area (Å²) in [6.07, 6.45) is 0. The molecule has 0 spiro atoms. The summed E-state index contributed by atoms with van der Waals surface area (Å²) in [6.45, 7) is -0.501. The largest absolute Gasteiger partial charge is 0.450 e. The second kappa shape index (κ2) is 7.35. The number of anilines is 1. The molecule has 1 N–H and O–H groups in total. The summed E-state index contributed by atoms with van der Waals surface area (Å²) in [7, 11) is 0. The maximum atomic E-state index is 12.0. The molecule has 0 radical (unpaired) electrons. The number of furan rings is 1. The molecule has 0 saturated carbocycles. The summed E-state index contributed by atoms with van der Waals surface area (Å²) in [5, 5.41) is 4.20. The lowest BCUT2D eigenvalue weighted by molar-refractivity contribution is -0.119. The third-order valence-electron chi connectivity index (χ3n) is 3.24. The molecule has 0 atom stereocenters. The Morgan fingerprint density at radius 3 is 2.68 bits per heavy atom. The van der Waals surface area contributed by atoms with Crippen LogP contribution in [0, 0.1) is 0 Å². The first-order valence-electron chi connectivity index (χ1n) is 7.04. The summed E-state index contributed by atoms with van der Waals surface area (Å²) >= 11 is 17.7. The molecular weight excluding hydrogens is 389 g/mol. The summed E-state index contributed by atoms with van der Waals surface area (Å²) in [5.41, 5.74) is 0.820. The van der Waals surface area contributed by atoms with Gasteiger partial charge in [0.05, 0.1) is 15.7 Å². The first-order chi connectivity index (χ1) is 11.9. The number of amides is 1. The number of halogens is 3. The molecule has 1 amide bonds. The van der Waals surface area contributed by atoms with Crippen molar-refractivity contribution in [3.8, 4) is 0 Å². The molecule has 0 bridgehead atoms. The number of hydrogen-bond donors (Lipinski definition) is 1. The van der Waals surface area contributed by atoms with E-state index in [2.05, 4.69) is 5.32 Å². The highest BCUT2D eigenvalue weighted by Crippen LogP contribution is 2.29. The molecule has 0 aliphatic carbocycles. The fourth-order valence-corrected chi connectivity index (χ4v) is 2.63. The quantitative estimate of drug-likeness (QED) is 0.614. The van der Waals surface area contributed by atoms with E-state index < -0.39 is 18.5 Å². The Bertz CT molecular complexity index is 968. The van der Waals surface area contributed by atoms with Gasteiger partial charge in [0, 0.05) is 10.4 Å². The van der Waals surface area contributed by atoms with Crippen molar-refractivity contribution < 1.29 is 18.7 Å². The van der Waals surface area contributed by atoms with Crippen molar-refractivity contribution >= 4 is 63.3 Å². The average Bonchev–Trinajstić information content (AvgIpc) is 3.00. The Morgan fingerprint density at radius 2 is 1.88 bits per heavy atom. The van der Waals surface area contributed by atoms with E-state index in [0.29, 0.717) is 26.7 Å². The Kier molecular flexibility index (Phi) is 5.18. The zero-order valence-electron chi connectivity index (χ0n) is 12.5. The van der Waals surface area contributed by atoms with Gasteiger partial charge in [-0.15, -0.1) is 0 Å². The molecule has 0 aliphatic rings. The van der Waals surface area contributed by atoms with E-state index in [-0.39, 0.29) is 10.8 Å². The van der Waals surface area contributed by atoms with Crippen LogP contribution in [0.3, 0.4) is 0 Å². The topological polar surface area (TPSA) is 68.5 Å². The van der Waals surface area contributed by atoms with Gasteiger partial charge >= 0.3 is 5.97 Å². The number of esters is 1. The van der Waals surface area contributed by atoms with E-state index in [0.717, 1.165) is 0 Å². The van der Waals surface area contributed by atoms with Crippen molar-refractivity contribution in [1.29, 1.82) is 0 Å². The van der Waals surface area contributed by atoms with Gasteiger partial charge in [-0.2, -0.15) is 0 Å². The maximum absolute atomic E-state index is 12.0. The number of carbonyl (C=O) groups is 2. The van der Waals surface area contributed by atoms with Gasteiger partial charge in [-0.05, 0) is 36.4 Å². The normalized spacial score (nSPS) is 10.7. The van der Waals surface area contributed by atoms with Gasteiger partial charge in [-0.1, -0.05) is 40.9 Å². The Morgan fingerprint density at radius 1 is 1.08 bits per heavy atom. The van der Waals surface area contributed by atoms with Crippen molar-refractivity contribution in [2.24, 2.45) is 0 Å². The summed E-state index contributed by atoms with van der Waals surface area (Å²) < 4.78 is 10.3. The van der Waals surface area contributed by atoms with E-state index in [9.17, 15) is 9.59 Å². The molecule has 0 fully saturated rings. The van der Waals surface area contributed by atoms with Crippen LogP contribution in [0.5, 0.6) is 0 Å². The molecule has 5 nitrogen and oxygen atoms in total. The fourth-order valence-electron chi connectivity index (χ4n) is 2.10. The molecule has 8 heteroatoms. The van der Waals surface area contributed by atoms with Crippen molar-refractivity contribution in [2.75, 3.05) is 11.9 Å². The highest BCUT2D eigenvalue weighted by Gasteiger charge is 2.16. The van der Waals surface area contributed by atoms with Gasteiger partial charge in [-0.25, -0.2) is 4.79 Å². The minimum absolute atomic E-state index is 0.0224. The second-order valence-electron chi connectivity index (χ2n) is 5.02. The average molecular weight is 399 g/mol. The standard InChI is InChI=1S/C17H10Cl3NO4/c18-10-4-5-13-9(6-10)7-14(25-13)17(23)24-8-15(22)21-12-3-1-2-11(19)16(12)20/h1-7H,8H2,(H,21,22). The van der Waals surface area contributed by atoms with Crippen LogP contribution in [0.4, 0.5) is 5.69 Å². The van der Waals surface area contributed by atoms with Crippen molar-refractivity contribution in [3.63, 3.8) is 0 Å². The molecule has 3 aromatic rings. The van der Waals surface area contributed by atoms with Crippen LogP contribution in [0.1, 0.15) is 10.6 Å². The van der Waals surface area contributed by atoms with E-state index in [1.807, 2.05) is 0 Å². The molecular formula is C17H10Cl3NO4. The molecule has 0 saturated heterocycles. The number of hydrogen-bond acceptors (Lipinski definition) is 4. The minimum Gasteiger partial charge on any atom is -0.450 e. The Balaban J connectivity index is 1.63. The van der Waals surface area contributed by atoms with Gasteiger partial charge in [0.25, 0.3) is 5.91 Å². The monoisotopic (exact) mass is 397 g/mol. The number of fused-ring (bicyclic) bond motifs is 1. The van der Waals surface area contributed by atoms with Gasteiger partial charge in [0.1, 0.15) is 5.58 Å². The van der Waals surface area contributed by atoms with Crippen LogP contribution < -0.4 is 5.32 Å². The lowest BCUT2D eigenvalue weighted by Crippen LogP contribution is -2.20. The third-order valence-corrected chi connectivity index (χ3v) is 4.29. The first kappa shape index (κ1) is 17.6. The van der Waals surface area contributed by atoms with E-state index in [1.54, 1.807) is 36.4 Å². The SMILES string of the molecule is O=C(COC(=O)c1cc2cc(Cl)ccc2o1)Nc1cccc(Cl)c1Cl. The fraction of sp³-hybridized carbons (Fsp3) is 0.0588. The molecule has 1 heterocycles. The zero-order chi connectivity index (χ0) is 18.0. The highest BCUT2D eigenvalue weighted by atomic mass is 35.5. The van der Waals surface area contributed by atoms with Crippen LogP contribution in [0.25, 0.3) is 11.0 Å². The van der Waals surface area contributed by atoms with Crippen molar-refractivity contribution in [2.45, 2.75) is 0 Å². The van der Waals surface area contributed by atoms with Crippen molar-refractivity contribution in [3.05, 3.63) is 63.3 Å². The van der Waals surface area contributed by atoms with E-state index >= 15 is 0 Å². The number of benzene rings is 2. The van der Waals surface area contributed by atoms with Crippen LogP contribution in [0.2, 0.25) is 15.1 Å². The van der Waals surface area contributed by atoms with Crippen molar-refractivity contribution in [1.82, 2.24) is 0 Å². The number of ether oxygens (including phenoxy) is 1. The molecule has 25 heavy (non-hydrogen) atoms. The smallest absolute Gasteiger partial charge is 0.374 e. The predicted molar refractivity (Wildman–Crippen MR) is 96.6 cm³/mol. The van der Waals surface area contributed by atoms with Gasteiger partial charge in [0.15, 0.2) is 6.61 Å². The number of nitrogens with one attached hydrogen (secondary N) is 1. The predicted octanol–water partition coefficient (Wildman–Crippen LogP) is 5.19. The second-order valence-corrected chi connectivity index (χ2v) is 6.24. The van der Waals surface area contributed by atoms with Crippen LogP contribution >= 0.6 is 34.8 Å². The molecule has 2 aromatic carbocycles. The van der Waals surface area contributed by atoms with Gasteiger partial charge in [-0.3, -0.25) is 4.79 Å². The van der Waals surface area contributed by atoms with E-state index in [1.165, 1.54) is 6.07 Å². The zero-order valence-corrected chi connectivity index (χ0v) is 14.8. The molecule has 128 valence electrons. The molecule has 3 rings (SSSR count). The van der Waals surface area contributed by atoms with Gasteiger partial charge < -0.3 is 14.5 Å². The molecule has 0 aliphatic heterocycles. The summed E-state index contributed by atoms with van der Waals surface area (Å²) in [4.78, 5) is 23.9. The first-order valence-corrected chi connectivity index (χ1v) is 8.17.